The molecule has 1 aliphatic rings. The van der Waals surface area contributed by atoms with Gasteiger partial charge in [-0.05, 0) is 31.2 Å². The molecular formula is C18H19N3O4. The molecule has 2 aromatic rings. The molecule has 1 amide bonds. The molecule has 1 fully saturated rings. The van der Waals surface area contributed by atoms with E-state index in [4.69, 9.17) is 0 Å². The number of phenols is 1. The third-order valence-electron chi connectivity index (χ3n) is 4.43. The predicted octanol–water partition coefficient (Wildman–Crippen LogP) is 2.57. The first-order chi connectivity index (χ1) is 12.0. The Balaban J connectivity index is 1.69. The maximum atomic E-state index is 12.6. The van der Waals surface area contributed by atoms with E-state index in [9.17, 15) is 20.0 Å². The highest BCUT2D eigenvalue weighted by atomic mass is 16.6. The minimum atomic E-state index is -0.450. The Bertz CT molecular complexity index is 814. The fourth-order valence-electron chi connectivity index (χ4n) is 3.06. The molecule has 130 valence electrons. The van der Waals surface area contributed by atoms with Crippen molar-refractivity contribution in [1.29, 1.82) is 0 Å². The van der Waals surface area contributed by atoms with E-state index in [-0.39, 0.29) is 17.3 Å². The van der Waals surface area contributed by atoms with Gasteiger partial charge in [0.1, 0.15) is 5.75 Å². The molecule has 0 aromatic heterocycles. The SMILES string of the molecule is Cc1cc(C(=O)N2CCN(c3ccccc3O)CC2)ccc1[N+](=O)[O-]. The summed E-state index contributed by atoms with van der Waals surface area (Å²) in [6.07, 6.45) is 0. The second-order valence-electron chi connectivity index (χ2n) is 6.03. The zero-order valence-electron chi connectivity index (χ0n) is 13.9. The lowest BCUT2D eigenvalue weighted by Gasteiger charge is -2.36. The van der Waals surface area contributed by atoms with E-state index >= 15 is 0 Å². The first kappa shape index (κ1) is 16.8. The highest BCUT2D eigenvalue weighted by Gasteiger charge is 2.24. The minimum absolute atomic E-state index is 0.0147. The van der Waals surface area contributed by atoms with Crippen LogP contribution < -0.4 is 4.90 Å². The van der Waals surface area contributed by atoms with Crippen LogP contribution in [0, 0.1) is 17.0 Å². The molecule has 0 unspecified atom stereocenters. The van der Waals surface area contributed by atoms with Crippen molar-refractivity contribution in [2.75, 3.05) is 31.1 Å². The fraction of sp³-hybridized carbons (Fsp3) is 0.278. The summed E-state index contributed by atoms with van der Waals surface area (Å²) in [7, 11) is 0. The summed E-state index contributed by atoms with van der Waals surface area (Å²) in [5.41, 5.74) is 1.71. The number of benzene rings is 2. The third-order valence-corrected chi connectivity index (χ3v) is 4.43. The molecule has 3 rings (SSSR count). The number of aryl methyl sites for hydroxylation is 1. The van der Waals surface area contributed by atoms with Gasteiger partial charge in [0.15, 0.2) is 0 Å². The van der Waals surface area contributed by atoms with Crippen molar-refractivity contribution < 1.29 is 14.8 Å². The van der Waals surface area contributed by atoms with Crippen molar-refractivity contribution in [1.82, 2.24) is 4.90 Å². The smallest absolute Gasteiger partial charge is 0.272 e. The molecule has 0 atom stereocenters. The van der Waals surface area contributed by atoms with Gasteiger partial charge < -0.3 is 14.9 Å². The normalized spacial score (nSPS) is 14.4. The van der Waals surface area contributed by atoms with Gasteiger partial charge in [0, 0.05) is 43.4 Å². The summed E-state index contributed by atoms with van der Waals surface area (Å²) >= 11 is 0. The predicted molar refractivity (Wildman–Crippen MR) is 94.1 cm³/mol. The first-order valence-electron chi connectivity index (χ1n) is 8.04. The number of hydrogen-bond donors (Lipinski definition) is 1. The topological polar surface area (TPSA) is 86.9 Å². The molecule has 1 N–H and O–H groups in total. The number of amides is 1. The van der Waals surface area contributed by atoms with Crippen LogP contribution in [0.25, 0.3) is 0 Å². The van der Waals surface area contributed by atoms with Crippen LogP contribution in [-0.4, -0.2) is 47.0 Å². The number of rotatable bonds is 3. The fourth-order valence-corrected chi connectivity index (χ4v) is 3.06. The summed E-state index contributed by atoms with van der Waals surface area (Å²) in [6, 6.07) is 11.6. The quantitative estimate of drug-likeness (QED) is 0.685. The average molecular weight is 341 g/mol. The van der Waals surface area contributed by atoms with Crippen molar-refractivity contribution in [3.8, 4) is 5.75 Å². The van der Waals surface area contributed by atoms with Crippen LogP contribution in [0.1, 0.15) is 15.9 Å². The van der Waals surface area contributed by atoms with Gasteiger partial charge in [-0.1, -0.05) is 12.1 Å². The van der Waals surface area contributed by atoms with Crippen molar-refractivity contribution in [2.45, 2.75) is 6.92 Å². The summed E-state index contributed by atoms with van der Waals surface area (Å²) < 4.78 is 0. The van der Waals surface area contributed by atoms with Crippen molar-refractivity contribution in [3.05, 3.63) is 63.7 Å². The summed E-state index contributed by atoms with van der Waals surface area (Å²) in [5, 5.41) is 20.8. The number of piperazine rings is 1. The molecule has 25 heavy (non-hydrogen) atoms. The van der Waals surface area contributed by atoms with Crippen LogP contribution in [0.15, 0.2) is 42.5 Å². The number of carbonyl (C=O) groups excluding carboxylic acids is 1. The van der Waals surface area contributed by atoms with E-state index in [1.165, 1.54) is 12.1 Å². The molecule has 0 radical (unpaired) electrons. The molecular weight excluding hydrogens is 322 g/mol. The van der Waals surface area contributed by atoms with Crippen LogP contribution in [0.4, 0.5) is 11.4 Å². The molecule has 0 spiro atoms. The number of phenolic OH excluding ortho intramolecular Hbond substituents is 1. The zero-order chi connectivity index (χ0) is 18.0. The number of nitro benzene ring substituents is 1. The standard InChI is InChI=1S/C18H19N3O4/c1-13-12-14(6-7-15(13)21(24)25)18(23)20-10-8-19(9-11-20)16-4-2-3-5-17(16)22/h2-7,12,22H,8-11H2,1H3. The Hall–Kier alpha value is -3.09. The van der Waals surface area contributed by atoms with Gasteiger partial charge in [-0.2, -0.15) is 0 Å². The minimum Gasteiger partial charge on any atom is -0.506 e. The monoisotopic (exact) mass is 341 g/mol. The lowest BCUT2D eigenvalue weighted by atomic mass is 10.1. The van der Waals surface area contributed by atoms with Crippen molar-refractivity contribution in [2.24, 2.45) is 0 Å². The number of nitrogens with zero attached hydrogens (tertiary/aromatic N) is 3. The number of carbonyl (C=O) groups is 1. The number of para-hydroxylation sites is 2. The number of hydrogen-bond acceptors (Lipinski definition) is 5. The number of nitro groups is 1. The van der Waals surface area contributed by atoms with Crippen LogP contribution in [-0.2, 0) is 0 Å². The van der Waals surface area contributed by atoms with E-state index in [0.717, 1.165) is 5.69 Å². The van der Waals surface area contributed by atoms with Gasteiger partial charge in [0.25, 0.3) is 11.6 Å². The Kier molecular flexibility index (Phi) is 4.56. The van der Waals surface area contributed by atoms with E-state index in [1.807, 2.05) is 17.0 Å². The Morgan fingerprint density at radius 2 is 1.80 bits per heavy atom. The highest BCUT2D eigenvalue weighted by molar-refractivity contribution is 5.95. The zero-order valence-corrected chi connectivity index (χ0v) is 13.9. The van der Waals surface area contributed by atoms with Crippen LogP contribution in [0.5, 0.6) is 5.75 Å². The van der Waals surface area contributed by atoms with Crippen molar-refractivity contribution >= 4 is 17.3 Å². The van der Waals surface area contributed by atoms with E-state index < -0.39 is 4.92 Å². The van der Waals surface area contributed by atoms with E-state index in [0.29, 0.717) is 37.3 Å². The second-order valence-corrected chi connectivity index (χ2v) is 6.03. The lowest BCUT2D eigenvalue weighted by molar-refractivity contribution is -0.385. The molecule has 1 saturated heterocycles. The summed E-state index contributed by atoms with van der Waals surface area (Å²) in [5.74, 6) is 0.100. The maximum absolute atomic E-state index is 12.6. The van der Waals surface area contributed by atoms with Crippen LogP contribution >= 0.6 is 0 Å². The van der Waals surface area contributed by atoms with Crippen LogP contribution in [0.2, 0.25) is 0 Å². The highest BCUT2D eigenvalue weighted by Crippen LogP contribution is 2.27. The average Bonchev–Trinajstić information content (AvgIpc) is 2.61. The summed E-state index contributed by atoms with van der Waals surface area (Å²) in [6.45, 7) is 3.93. The second kappa shape index (κ2) is 6.80. The van der Waals surface area contributed by atoms with E-state index in [1.54, 1.807) is 30.0 Å². The Morgan fingerprint density at radius 3 is 2.40 bits per heavy atom. The van der Waals surface area contributed by atoms with E-state index in [2.05, 4.69) is 0 Å². The van der Waals surface area contributed by atoms with Gasteiger partial charge in [0.2, 0.25) is 0 Å². The Labute approximate surface area is 145 Å². The van der Waals surface area contributed by atoms with Gasteiger partial charge >= 0.3 is 0 Å². The number of anilines is 1. The van der Waals surface area contributed by atoms with Gasteiger partial charge in [0.05, 0.1) is 10.6 Å². The molecule has 7 nitrogen and oxygen atoms in total. The van der Waals surface area contributed by atoms with Gasteiger partial charge in [-0.25, -0.2) is 0 Å². The third kappa shape index (κ3) is 3.40. The Morgan fingerprint density at radius 1 is 1.12 bits per heavy atom. The summed E-state index contributed by atoms with van der Waals surface area (Å²) in [4.78, 5) is 26.8. The van der Waals surface area contributed by atoms with Crippen molar-refractivity contribution in [3.63, 3.8) is 0 Å². The molecule has 7 heteroatoms. The first-order valence-corrected chi connectivity index (χ1v) is 8.04. The maximum Gasteiger partial charge on any atom is 0.272 e. The van der Waals surface area contributed by atoms with Gasteiger partial charge in [-0.3, -0.25) is 14.9 Å². The number of aromatic hydroxyl groups is 1. The molecule has 0 aliphatic carbocycles. The molecule has 0 bridgehead atoms. The lowest BCUT2D eigenvalue weighted by Crippen LogP contribution is -2.48. The largest absolute Gasteiger partial charge is 0.506 e. The molecule has 1 heterocycles. The molecule has 0 saturated carbocycles. The molecule has 2 aromatic carbocycles. The van der Waals surface area contributed by atoms with Gasteiger partial charge in [-0.15, -0.1) is 0 Å². The molecule has 1 aliphatic heterocycles. The van der Waals surface area contributed by atoms with Crippen LogP contribution in [0.3, 0.4) is 0 Å².